The van der Waals surface area contributed by atoms with E-state index in [0.29, 0.717) is 34.6 Å². The maximum absolute atomic E-state index is 12.8. The summed E-state index contributed by atoms with van der Waals surface area (Å²) in [7, 11) is 1.92. The molecule has 1 aliphatic heterocycles. The van der Waals surface area contributed by atoms with E-state index in [0.717, 1.165) is 19.4 Å². The molecular formula is C16H18ClN3O2. The maximum Gasteiger partial charge on any atom is 0.276 e. The summed E-state index contributed by atoms with van der Waals surface area (Å²) >= 11 is 6.20. The molecule has 0 spiro atoms. The monoisotopic (exact) mass is 319 g/mol. The number of rotatable bonds is 3. The topological polar surface area (TPSA) is 58.4 Å². The molecular weight excluding hydrogens is 302 g/mol. The molecule has 0 radical (unpaired) electrons. The number of piperidine rings is 1. The SMILES string of the molecule is CN[C@H]1CCCN(C(=O)c2ncoc2-c2ccccc2Cl)C1. The summed E-state index contributed by atoms with van der Waals surface area (Å²) in [5, 5.41) is 3.77. The van der Waals surface area contributed by atoms with Gasteiger partial charge in [-0.2, -0.15) is 0 Å². The minimum absolute atomic E-state index is 0.108. The fourth-order valence-electron chi connectivity index (χ4n) is 2.78. The molecule has 2 heterocycles. The van der Waals surface area contributed by atoms with Gasteiger partial charge in [-0.15, -0.1) is 0 Å². The van der Waals surface area contributed by atoms with Gasteiger partial charge < -0.3 is 14.6 Å². The van der Waals surface area contributed by atoms with Crippen LogP contribution in [0.5, 0.6) is 0 Å². The quantitative estimate of drug-likeness (QED) is 0.945. The van der Waals surface area contributed by atoms with E-state index in [9.17, 15) is 4.79 Å². The molecule has 1 aliphatic rings. The van der Waals surface area contributed by atoms with Crippen molar-refractivity contribution in [2.45, 2.75) is 18.9 Å². The Balaban J connectivity index is 1.89. The van der Waals surface area contributed by atoms with Crippen molar-refractivity contribution in [2.24, 2.45) is 0 Å². The molecule has 0 unspecified atom stereocenters. The van der Waals surface area contributed by atoms with E-state index in [1.165, 1.54) is 6.39 Å². The maximum atomic E-state index is 12.8. The third-order valence-corrected chi connectivity index (χ3v) is 4.33. The Morgan fingerprint density at radius 2 is 2.27 bits per heavy atom. The second-order valence-corrected chi connectivity index (χ2v) is 5.80. The minimum Gasteiger partial charge on any atom is -0.443 e. The first-order valence-corrected chi connectivity index (χ1v) is 7.73. The Hall–Kier alpha value is -1.85. The number of amides is 1. The zero-order valence-electron chi connectivity index (χ0n) is 12.4. The van der Waals surface area contributed by atoms with Crippen LogP contribution in [0.3, 0.4) is 0 Å². The number of hydrogen-bond acceptors (Lipinski definition) is 4. The highest BCUT2D eigenvalue weighted by Crippen LogP contribution is 2.30. The number of halogens is 1. The van der Waals surface area contributed by atoms with Crippen molar-refractivity contribution in [1.82, 2.24) is 15.2 Å². The fourth-order valence-corrected chi connectivity index (χ4v) is 3.00. The van der Waals surface area contributed by atoms with Gasteiger partial charge in [0.15, 0.2) is 17.8 Å². The summed E-state index contributed by atoms with van der Waals surface area (Å²) in [4.78, 5) is 18.7. The lowest BCUT2D eigenvalue weighted by molar-refractivity contribution is 0.0693. The standard InChI is InChI=1S/C16H18ClN3O2/c1-18-11-5-4-8-20(9-11)16(21)14-15(22-10-19-14)12-6-2-3-7-13(12)17/h2-3,6-7,10-11,18H,4-5,8-9H2,1H3/t11-/m0/s1. The molecule has 0 saturated carbocycles. The van der Waals surface area contributed by atoms with E-state index in [4.69, 9.17) is 16.0 Å². The molecule has 1 amide bonds. The Labute approximate surface area is 134 Å². The number of benzene rings is 1. The van der Waals surface area contributed by atoms with Crippen LogP contribution in [-0.4, -0.2) is 42.0 Å². The van der Waals surface area contributed by atoms with Gasteiger partial charge in [-0.3, -0.25) is 4.79 Å². The average molecular weight is 320 g/mol. The summed E-state index contributed by atoms with van der Waals surface area (Å²) in [5.41, 5.74) is 1.01. The van der Waals surface area contributed by atoms with Crippen molar-refractivity contribution >= 4 is 17.5 Å². The van der Waals surface area contributed by atoms with Crippen LogP contribution in [0.4, 0.5) is 0 Å². The summed E-state index contributed by atoms with van der Waals surface area (Å²) in [6, 6.07) is 7.62. The predicted molar refractivity (Wildman–Crippen MR) is 84.9 cm³/mol. The molecule has 1 aromatic carbocycles. The fraction of sp³-hybridized carbons (Fsp3) is 0.375. The third kappa shape index (κ3) is 2.87. The molecule has 3 rings (SSSR count). The van der Waals surface area contributed by atoms with Crippen molar-refractivity contribution in [1.29, 1.82) is 0 Å². The number of aromatic nitrogens is 1. The number of likely N-dealkylation sites (N-methyl/N-ethyl adjacent to an activating group) is 1. The van der Waals surface area contributed by atoms with Gasteiger partial charge in [0.05, 0.1) is 5.02 Å². The third-order valence-electron chi connectivity index (χ3n) is 4.01. The van der Waals surface area contributed by atoms with E-state index in [1.807, 2.05) is 30.1 Å². The number of carbonyl (C=O) groups excluding carboxylic acids is 1. The lowest BCUT2D eigenvalue weighted by Gasteiger charge is -2.32. The zero-order valence-corrected chi connectivity index (χ0v) is 13.1. The van der Waals surface area contributed by atoms with Gasteiger partial charge in [0.25, 0.3) is 5.91 Å². The molecule has 1 saturated heterocycles. The van der Waals surface area contributed by atoms with E-state index < -0.39 is 0 Å². The van der Waals surface area contributed by atoms with E-state index in [1.54, 1.807) is 6.07 Å². The van der Waals surface area contributed by atoms with Gasteiger partial charge >= 0.3 is 0 Å². The highest BCUT2D eigenvalue weighted by molar-refractivity contribution is 6.33. The molecule has 0 aliphatic carbocycles. The van der Waals surface area contributed by atoms with Gasteiger partial charge in [-0.05, 0) is 32.0 Å². The van der Waals surface area contributed by atoms with Gasteiger partial charge in [0.1, 0.15) is 0 Å². The minimum atomic E-state index is -0.108. The Kier molecular flexibility index (Phi) is 4.45. The smallest absolute Gasteiger partial charge is 0.276 e. The van der Waals surface area contributed by atoms with E-state index >= 15 is 0 Å². The molecule has 1 N–H and O–H groups in total. The van der Waals surface area contributed by atoms with E-state index in [-0.39, 0.29) is 5.91 Å². The normalized spacial score (nSPS) is 18.5. The van der Waals surface area contributed by atoms with Gasteiger partial charge in [-0.1, -0.05) is 23.7 Å². The summed E-state index contributed by atoms with van der Waals surface area (Å²) in [6.07, 6.45) is 3.36. The second-order valence-electron chi connectivity index (χ2n) is 5.39. The first kappa shape index (κ1) is 15.1. The van der Waals surface area contributed by atoms with Crippen LogP contribution in [0, 0.1) is 0 Å². The highest BCUT2D eigenvalue weighted by atomic mass is 35.5. The first-order chi connectivity index (χ1) is 10.7. The molecule has 1 atom stereocenters. The second kappa shape index (κ2) is 6.50. The molecule has 116 valence electrons. The molecule has 6 heteroatoms. The molecule has 2 aromatic rings. The van der Waals surface area contributed by atoms with Gasteiger partial charge in [0, 0.05) is 24.7 Å². The Bertz CT molecular complexity index is 671. The van der Waals surface area contributed by atoms with Crippen molar-refractivity contribution in [3.63, 3.8) is 0 Å². The lowest BCUT2D eigenvalue weighted by Crippen LogP contribution is -2.47. The number of hydrogen-bond donors (Lipinski definition) is 1. The molecule has 1 aromatic heterocycles. The largest absolute Gasteiger partial charge is 0.443 e. The predicted octanol–water partition coefficient (Wildman–Crippen LogP) is 2.82. The van der Waals surface area contributed by atoms with Crippen LogP contribution in [-0.2, 0) is 0 Å². The van der Waals surface area contributed by atoms with Crippen LogP contribution in [0.25, 0.3) is 11.3 Å². The first-order valence-electron chi connectivity index (χ1n) is 7.35. The van der Waals surface area contributed by atoms with Crippen LogP contribution in [0.2, 0.25) is 5.02 Å². The van der Waals surface area contributed by atoms with Crippen molar-refractivity contribution in [3.05, 3.63) is 41.4 Å². The molecule has 0 bridgehead atoms. The lowest BCUT2D eigenvalue weighted by atomic mass is 10.0. The van der Waals surface area contributed by atoms with Crippen LogP contribution in [0.1, 0.15) is 23.3 Å². The summed E-state index contributed by atoms with van der Waals surface area (Å²) in [6.45, 7) is 1.43. The summed E-state index contributed by atoms with van der Waals surface area (Å²) in [5.74, 6) is 0.325. The number of nitrogens with one attached hydrogen (secondary N) is 1. The van der Waals surface area contributed by atoms with Gasteiger partial charge in [0.2, 0.25) is 0 Å². The van der Waals surface area contributed by atoms with Crippen LogP contribution < -0.4 is 5.32 Å². The van der Waals surface area contributed by atoms with Crippen molar-refractivity contribution in [2.75, 3.05) is 20.1 Å². The van der Waals surface area contributed by atoms with E-state index in [2.05, 4.69) is 10.3 Å². The summed E-state index contributed by atoms with van der Waals surface area (Å²) < 4.78 is 5.44. The number of oxazole rings is 1. The van der Waals surface area contributed by atoms with Crippen molar-refractivity contribution in [3.8, 4) is 11.3 Å². The van der Waals surface area contributed by atoms with Crippen molar-refractivity contribution < 1.29 is 9.21 Å². The molecule has 5 nitrogen and oxygen atoms in total. The molecule has 22 heavy (non-hydrogen) atoms. The van der Waals surface area contributed by atoms with Crippen LogP contribution >= 0.6 is 11.6 Å². The molecule has 1 fully saturated rings. The number of carbonyl (C=O) groups is 1. The van der Waals surface area contributed by atoms with Gasteiger partial charge in [-0.25, -0.2) is 4.98 Å². The number of likely N-dealkylation sites (tertiary alicyclic amines) is 1. The highest BCUT2D eigenvalue weighted by Gasteiger charge is 2.28. The average Bonchev–Trinajstić information content (AvgIpc) is 3.04. The number of nitrogens with zero attached hydrogens (tertiary/aromatic N) is 2. The van der Waals surface area contributed by atoms with Crippen LogP contribution in [0.15, 0.2) is 35.1 Å². The Morgan fingerprint density at radius 3 is 3.05 bits per heavy atom. The Morgan fingerprint density at radius 1 is 1.45 bits per heavy atom. The zero-order chi connectivity index (χ0) is 15.5.